The summed E-state index contributed by atoms with van der Waals surface area (Å²) in [6.45, 7) is 0. The van der Waals surface area contributed by atoms with E-state index >= 15 is 0 Å². The Hall–Kier alpha value is -1.48. The number of methoxy groups -OCH3 is 1. The molecule has 0 aliphatic heterocycles. The van der Waals surface area contributed by atoms with Crippen molar-refractivity contribution in [1.29, 1.82) is 0 Å². The van der Waals surface area contributed by atoms with Crippen LogP contribution in [0.15, 0.2) is 22.7 Å². The molecule has 0 fully saturated rings. The van der Waals surface area contributed by atoms with Crippen LogP contribution in [0.1, 0.15) is 0 Å². The first kappa shape index (κ1) is 13.6. The Bertz CT molecular complexity index is 531. The van der Waals surface area contributed by atoms with Crippen molar-refractivity contribution in [2.45, 2.75) is 0 Å². The van der Waals surface area contributed by atoms with E-state index in [4.69, 9.17) is 0 Å². The lowest BCUT2D eigenvalue weighted by molar-refractivity contribution is 0.177. The van der Waals surface area contributed by atoms with Crippen LogP contribution in [-0.2, 0) is 14.9 Å². The number of para-hydroxylation sites is 1. The maximum absolute atomic E-state index is 11.4. The van der Waals surface area contributed by atoms with Gasteiger partial charge in [0.2, 0.25) is 0 Å². The van der Waals surface area contributed by atoms with Crippen LogP contribution in [0.2, 0.25) is 0 Å². The SMILES string of the molecule is COC(=O)NS(=O)(=O)Nc1cccc(Br)c1O. The molecule has 9 heteroatoms. The lowest BCUT2D eigenvalue weighted by atomic mass is 10.3. The second-order valence-corrected chi connectivity index (χ2v) is 5.10. The summed E-state index contributed by atoms with van der Waals surface area (Å²) in [4.78, 5) is 10.7. The van der Waals surface area contributed by atoms with Gasteiger partial charge in [-0.3, -0.25) is 4.72 Å². The van der Waals surface area contributed by atoms with Crippen LogP contribution in [-0.4, -0.2) is 26.7 Å². The number of carbonyl (C=O) groups excluding carboxylic acids is 1. The first-order valence-electron chi connectivity index (χ1n) is 4.21. The number of carbonyl (C=O) groups is 1. The van der Waals surface area contributed by atoms with Crippen molar-refractivity contribution in [3.63, 3.8) is 0 Å². The van der Waals surface area contributed by atoms with E-state index in [0.717, 1.165) is 7.11 Å². The van der Waals surface area contributed by atoms with Gasteiger partial charge in [0.05, 0.1) is 17.3 Å². The Morgan fingerprint density at radius 3 is 2.71 bits per heavy atom. The van der Waals surface area contributed by atoms with Crippen molar-refractivity contribution in [3.05, 3.63) is 22.7 Å². The van der Waals surface area contributed by atoms with Crippen LogP contribution in [0.5, 0.6) is 5.75 Å². The Kier molecular flexibility index (Phi) is 4.18. The van der Waals surface area contributed by atoms with Crippen molar-refractivity contribution < 1.29 is 23.1 Å². The van der Waals surface area contributed by atoms with Gasteiger partial charge < -0.3 is 9.84 Å². The van der Waals surface area contributed by atoms with Crippen LogP contribution < -0.4 is 9.44 Å². The molecule has 0 heterocycles. The number of phenolic OH excluding ortho intramolecular Hbond substituents is 1. The van der Waals surface area contributed by atoms with Gasteiger partial charge >= 0.3 is 16.3 Å². The van der Waals surface area contributed by atoms with Crippen LogP contribution in [0, 0.1) is 0 Å². The van der Waals surface area contributed by atoms with Crippen molar-refractivity contribution in [2.24, 2.45) is 0 Å². The fourth-order valence-electron chi connectivity index (χ4n) is 0.919. The third-order valence-corrected chi connectivity index (χ3v) is 3.20. The van der Waals surface area contributed by atoms with Gasteiger partial charge in [-0.05, 0) is 28.1 Å². The molecule has 7 nitrogen and oxygen atoms in total. The number of benzene rings is 1. The number of phenols is 1. The average molecular weight is 325 g/mol. The van der Waals surface area contributed by atoms with E-state index in [-0.39, 0.29) is 11.4 Å². The molecule has 94 valence electrons. The molecule has 0 aromatic heterocycles. The number of nitrogens with one attached hydrogen (secondary N) is 2. The van der Waals surface area contributed by atoms with Crippen LogP contribution in [0.4, 0.5) is 10.5 Å². The van der Waals surface area contributed by atoms with Gasteiger partial charge in [0.15, 0.2) is 5.75 Å². The minimum Gasteiger partial charge on any atom is -0.505 e. The number of ether oxygens (including phenoxy) is 1. The van der Waals surface area contributed by atoms with Crippen molar-refractivity contribution in [1.82, 2.24) is 4.72 Å². The van der Waals surface area contributed by atoms with Crippen molar-refractivity contribution in [3.8, 4) is 5.75 Å². The van der Waals surface area contributed by atoms with Gasteiger partial charge in [-0.1, -0.05) is 6.07 Å². The standard InChI is InChI=1S/C8H9BrN2O5S/c1-16-8(13)11-17(14,15)10-6-4-2-3-5(9)7(6)12/h2-4,10,12H,1H3,(H,11,13). The molecule has 0 bridgehead atoms. The molecule has 1 aromatic carbocycles. The van der Waals surface area contributed by atoms with E-state index in [1.807, 2.05) is 4.72 Å². The van der Waals surface area contributed by atoms with Gasteiger partial charge in [-0.2, -0.15) is 8.42 Å². The molecular weight excluding hydrogens is 316 g/mol. The van der Waals surface area contributed by atoms with E-state index in [0.29, 0.717) is 4.47 Å². The first-order valence-corrected chi connectivity index (χ1v) is 6.49. The fourth-order valence-corrected chi connectivity index (χ4v) is 2.09. The van der Waals surface area contributed by atoms with Crippen molar-refractivity contribution >= 4 is 37.9 Å². The Morgan fingerprint density at radius 1 is 1.47 bits per heavy atom. The molecule has 0 aliphatic carbocycles. The zero-order chi connectivity index (χ0) is 13.1. The molecule has 0 atom stereocenters. The number of rotatable bonds is 3. The lowest BCUT2D eigenvalue weighted by Gasteiger charge is -2.10. The maximum Gasteiger partial charge on any atom is 0.422 e. The summed E-state index contributed by atoms with van der Waals surface area (Å²) in [5, 5.41) is 9.53. The Labute approximate surface area is 106 Å². The first-order chi connectivity index (χ1) is 7.85. The largest absolute Gasteiger partial charge is 0.505 e. The highest BCUT2D eigenvalue weighted by atomic mass is 79.9. The smallest absolute Gasteiger partial charge is 0.422 e. The molecule has 0 radical (unpaired) electrons. The Balaban J connectivity index is 2.91. The molecule has 1 aromatic rings. The average Bonchev–Trinajstić information content (AvgIpc) is 2.23. The highest BCUT2D eigenvalue weighted by Gasteiger charge is 2.16. The molecule has 1 amide bonds. The molecule has 0 saturated heterocycles. The topological polar surface area (TPSA) is 105 Å². The summed E-state index contributed by atoms with van der Waals surface area (Å²) in [5.41, 5.74) is -0.0734. The Morgan fingerprint density at radius 2 is 2.12 bits per heavy atom. The monoisotopic (exact) mass is 324 g/mol. The maximum atomic E-state index is 11.4. The molecule has 17 heavy (non-hydrogen) atoms. The molecule has 0 spiro atoms. The predicted molar refractivity (Wildman–Crippen MR) is 63.9 cm³/mol. The zero-order valence-electron chi connectivity index (χ0n) is 8.60. The van der Waals surface area contributed by atoms with E-state index in [1.165, 1.54) is 18.2 Å². The third kappa shape index (κ3) is 3.79. The third-order valence-electron chi connectivity index (χ3n) is 1.63. The highest BCUT2D eigenvalue weighted by molar-refractivity contribution is 9.10. The molecule has 0 unspecified atom stereocenters. The van der Waals surface area contributed by atoms with Crippen LogP contribution in [0.25, 0.3) is 0 Å². The number of anilines is 1. The number of aromatic hydroxyl groups is 1. The summed E-state index contributed by atoms with van der Waals surface area (Å²) in [5.74, 6) is -0.289. The van der Waals surface area contributed by atoms with E-state index in [2.05, 4.69) is 20.7 Å². The van der Waals surface area contributed by atoms with E-state index < -0.39 is 16.3 Å². The summed E-state index contributed by atoms with van der Waals surface area (Å²) in [7, 11) is -3.11. The minimum atomic E-state index is -4.14. The predicted octanol–water partition coefficient (Wildman–Crippen LogP) is 1.17. The summed E-state index contributed by atoms with van der Waals surface area (Å²) in [6.07, 6.45) is -1.13. The highest BCUT2D eigenvalue weighted by Crippen LogP contribution is 2.31. The minimum absolute atomic E-state index is 0.0734. The molecule has 0 aliphatic rings. The van der Waals surface area contributed by atoms with Gasteiger partial charge in [0, 0.05) is 0 Å². The fraction of sp³-hybridized carbons (Fsp3) is 0.125. The van der Waals surface area contributed by atoms with E-state index in [1.54, 1.807) is 4.72 Å². The second kappa shape index (κ2) is 5.23. The molecule has 3 N–H and O–H groups in total. The van der Waals surface area contributed by atoms with E-state index in [9.17, 15) is 18.3 Å². The normalized spacial score (nSPS) is 10.7. The molecule has 1 rings (SSSR count). The van der Waals surface area contributed by atoms with Crippen LogP contribution in [0.3, 0.4) is 0 Å². The second-order valence-electron chi connectivity index (χ2n) is 2.84. The van der Waals surface area contributed by atoms with Gasteiger partial charge in [-0.15, -0.1) is 0 Å². The summed E-state index contributed by atoms with van der Waals surface area (Å²) >= 11 is 3.02. The van der Waals surface area contributed by atoms with Gasteiger partial charge in [-0.25, -0.2) is 9.52 Å². The molecule has 0 saturated carbocycles. The van der Waals surface area contributed by atoms with Gasteiger partial charge in [0.25, 0.3) is 0 Å². The van der Waals surface area contributed by atoms with Crippen molar-refractivity contribution in [2.75, 3.05) is 11.8 Å². The number of hydrogen-bond donors (Lipinski definition) is 3. The molecular formula is C8H9BrN2O5S. The number of halogens is 1. The number of amides is 1. The lowest BCUT2D eigenvalue weighted by Crippen LogP contribution is -2.35. The zero-order valence-corrected chi connectivity index (χ0v) is 11.0. The number of hydrogen-bond acceptors (Lipinski definition) is 5. The summed E-state index contributed by atoms with van der Waals surface area (Å²) < 4.78 is 30.8. The summed E-state index contributed by atoms with van der Waals surface area (Å²) in [6, 6.07) is 4.37. The quantitative estimate of drug-likeness (QED) is 0.724. The van der Waals surface area contributed by atoms with Gasteiger partial charge in [0.1, 0.15) is 0 Å². The van der Waals surface area contributed by atoms with Crippen LogP contribution >= 0.6 is 15.9 Å².